The number of ketones is 1. The van der Waals surface area contributed by atoms with E-state index in [0.717, 1.165) is 18.4 Å². The molecule has 0 N–H and O–H groups in total. The maximum absolute atomic E-state index is 12.9. The van der Waals surface area contributed by atoms with Crippen LogP contribution >= 0.6 is 0 Å². The molecule has 22 heavy (non-hydrogen) atoms. The second-order valence-corrected chi connectivity index (χ2v) is 6.21. The summed E-state index contributed by atoms with van der Waals surface area (Å²) in [5, 5.41) is 10.9. The van der Waals surface area contributed by atoms with Gasteiger partial charge in [-0.15, -0.1) is 0 Å². The molecular formula is C16H18N2O4. The zero-order chi connectivity index (χ0) is 15.9. The van der Waals surface area contributed by atoms with Crippen molar-refractivity contribution in [2.45, 2.75) is 32.6 Å². The lowest BCUT2D eigenvalue weighted by atomic mass is 9.65. The summed E-state index contributed by atoms with van der Waals surface area (Å²) in [5.41, 5.74) is 0.908. The Balaban J connectivity index is 1.89. The minimum Gasteiger partial charge on any atom is -0.343 e. The number of Topliss-reactive ketones (excluding diaryl/α,β-unsaturated/α-hetero) is 1. The molecule has 1 aliphatic heterocycles. The van der Waals surface area contributed by atoms with Crippen molar-refractivity contribution in [1.29, 1.82) is 0 Å². The number of nitro benzene ring substituents is 1. The first-order chi connectivity index (χ1) is 10.4. The normalized spacial score (nSPS) is 19.9. The Labute approximate surface area is 128 Å². The van der Waals surface area contributed by atoms with Crippen LogP contribution in [0.5, 0.6) is 0 Å². The molecule has 116 valence electrons. The van der Waals surface area contributed by atoms with Crippen LogP contribution < -0.4 is 0 Å². The first kappa shape index (κ1) is 14.7. The van der Waals surface area contributed by atoms with Gasteiger partial charge < -0.3 is 4.90 Å². The lowest BCUT2D eigenvalue weighted by Gasteiger charge is -2.43. The van der Waals surface area contributed by atoms with E-state index in [-0.39, 0.29) is 17.4 Å². The Morgan fingerprint density at radius 3 is 2.55 bits per heavy atom. The fourth-order valence-electron chi connectivity index (χ4n) is 3.61. The monoisotopic (exact) mass is 302 g/mol. The van der Waals surface area contributed by atoms with Crippen molar-refractivity contribution in [2.75, 3.05) is 13.1 Å². The number of piperidine rings is 1. The number of hydrogen-bond donors (Lipinski definition) is 0. The fourth-order valence-corrected chi connectivity index (χ4v) is 3.61. The number of non-ortho nitro benzene ring substituents is 1. The number of nitro groups is 1. The average Bonchev–Trinajstić information content (AvgIpc) is 2.51. The summed E-state index contributed by atoms with van der Waals surface area (Å²) in [7, 11) is 0. The second-order valence-electron chi connectivity index (χ2n) is 6.21. The molecule has 1 spiro atoms. The largest absolute Gasteiger partial charge is 0.343 e. The summed E-state index contributed by atoms with van der Waals surface area (Å²) >= 11 is 0. The minimum absolute atomic E-state index is 0.0145. The van der Waals surface area contributed by atoms with Crippen LogP contribution in [0.2, 0.25) is 0 Å². The van der Waals surface area contributed by atoms with Crippen LogP contribution in [0.1, 0.15) is 42.1 Å². The van der Waals surface area contributed by atoms with Gasteiger partial charge in [0, 0.05) is 43.1 Å². The first-order valence-corrected chi connectivity index (χ1v) is 7.51. The molecule has 1 aliphatic carbocycles. The molecule has 0 unspecified atom stereocenters. The number of nitrogens with zero attached hydrogens (tertiary/aromatic N) is 2. The maximum Gasteiger partial charge on any atom is 0.270 e. The number of benzene rings is 1. The highest BCUT2D eigenvalue weighted by atomic mass is 16.6. The number of carbonyl (C=O) groups excluding carboxylic acids is 2. The molecule has 0 aromatic heterocycles. The van der Waals surface area contributed by atoms with E-state index in [0.29, 0.717) is 31.5 Å². The second kappa shape index (κ2) is 5.19. The molecule has 1 heterocycles. The van der Waals surface area contributed by atoms with Crippen LogP contribution in [0.3, 0.4) is 0 Å². The van der Waals surface area contributed by atoms with Crippen LogP contribution in [0.25, 0.3) is 0 Å². The third-order valence-electron chi connectivity index (χ3n) is 5.07. The number of hydrogen-bond acceptors (Lipinski definition) is 4. The molecule has 0 atom stereocenters. The Morgan fingerprint density at radius 2 is 1.95 bits per heavy atom. The summed E-state index contributed by atoms with van der Waals surface area (Å²) in [6.07, 6.45) is 2.82. The molecule has 0 saturated carbocycles. The van der Waals surface area contributed by atoms with Gasteiger partial charge in [-0.3, -0.25) is 19.7 Å². The van der Waals surface area contributed by atoms with E-state index in [1.165, 1.54) is 12.1 Å². The number of rotatable bonds is 1. The molecule has 1 amide bonds. The van der Waals surface area contributed by atoms with Gasteiger partial charge in [0.05, 0.1) is 4.92 Å². The summed E-state index contributed by atoms with van der Waals surface area (Å²) in [6.45, 7) is 2.72. The average molecular weight is 302 g/mol. The minimum atomic E-state index is -0.465. The fraction of sp³-hybridized carbons (Fsp3) is 0.500. The maximum atomic E-state index is 12.9. The van der Waals surface area contributed by atoms with Crippen molar-refractivity contribution in [3.05, 3.63) is 39.4 Å². The summed E-state index contributed by atoms with van der Waals surface area (Å²) < 4.78 is 0. The topological polar surface area (TPSA) is 80.5 Å². The van der Waals surface area contributed by atoms with E-state index in [1.54, 1.807) is 17.9 Å². The van der Waals surface area contributed by atoms with E-state index in [4.69, 9.17) is 0 Å². The summed E-state index contributed by atoms with van der Waals surface area (Å²) in [6, 6.07) is 4.57. The number of carbonyl (C=O) groups is 2. The van der Waals surface area contributed by atoms with Gasteiger partial charge in [0.25, 0.3) is 5.69 Å². The predicted octanol–water partition coefficient (Wildman–Crippen LogP) is 2.35. The number of likely N-dealkylation sites (tertiary alicyclic amines) is 1. The van der Waals surface area contributed by atoms with Gasteiger partial charge in [-0.2, -0.15) is 0 Å². The van der Waals surface area contributed by atoms with Crippen molar-refractivity contribution < 1.29 is 14.5 Å². The molecule has 1 aromatic carbocycles. The van der Waals surface area contributed by atoms with Crippen LogP contribution in [0.4, 0.5) is 5.69 Å². The molecule has 1 saturated heterocycles. The van der Waals surface area contributed by atoms with Gasteiger partial charge in [0.15, 0.2) is 5.78 Å². The van der Waals surface area contributed by atoms with Crippen molar-refractivity contribution in [3.63, 3.8) is 0 Å². The Hall–Kier alpha value is -2.24. The molecule has 0 bridgehead atoms. The van der Waals surface area contributed by atoms with E-state index in [9.17, 15) is 19.7 Å². The summed E-state index contributed by atoms with van der Waals surface area (Å²) in [5.74, 6) is 0.0507. The third kappa shape index (κ3) is 2.28. The number of aryl methyl sites for hydroxylation is 1. The lowest BCUT2D eigenvalue weighted by molar-refractivity contribution is -0.384. The zero-order valence-electron chi connectivity index (χ0n) is 12.5. The van der Waals surface area contributed by atoms with Crippen LogP contribution in [0.15, 0.2) is 18.2 Å². The quantitative estimate of drug-likeness (QED) is 0.589. The van der Waals surface area contributed by atoms with Crippen molar-refractivity contribution in [3.8, 4) is 0 Å². The zero-order valence-corrected chi connectivity index (χ0v) is 12.5. The van der Waals surface area contributed by atoms with E-state index >= 15 is 0 Å². The molecule has 2 aliphatic rings. The number of fused-ring (bicyclic) bond motifs is 1. The lowest BCUT2D eigenvalue weighted by Crippen LogP contribution is -2.47. The number of amides is 1. The van der Waals surface area contributed by atoms with Gasteiger partial charge in [0.1, 0.15) is 0 Å². The highest BCUT2D eigenvalue weighted by Gasteiger charge is 2.45. The van der Waals surface area contributed by atoms with Crippen molar-refractivity contribution in [2.24, 2.45) is 5.41 Å². The Morgan fingerprint density at radius 1 is 1.27 bits per heavy atom. The highest BCUT2D eigenvalue weighted by molar-refractivity contribution is 6.03. The standard InChI is InChI=1S/C16H18N2O4/c1-11(19)17-8-6-16(7-9-17)5-4-12-2-3-13(18(21)22)10-14(12)15(16)20/h2-3,10H,4-9H2,1H3. The van der Waals surface area contributed by atoms with Gasteiger partial charge in [-0.05, 0) is 31.2 Å². The molecule has 6 heteroatoms. The van der Waals surface area contributed by atoms with Gasteiger partial charge in [0.2, 0.25) is 5.91 Å². The van der Waals surface area contributed by atoms with E-state index in [1.807, 2.05) is 0 Å². The van der Waals surface area contributed by atoms with Gasteiger partial charge in [-0.25, -0.2) is 0 Å². The Kier molecular flexibility index (Phi) is 3.47. The van der Waals surface area contributed by atoms with E-state index in [2.05, 4.69) is 0 Å². The molecule has 1 fully saturated rings. The third-order valence-corrected chi connectivity index (χ3v) is 5.07. The summed E-state index contributed by atoms with van der Waals surface area (Å²) in [4.78, 5) is 36.6. The Bertz CT molecular complexity index is 660. The molecule has 3 rings (SSSR count). The van der Waals surface area contributed by atoms with Gasteiger partial charge >= 0.3 is 0 Å². The van der Waals surface area contributed by atoms with Crippen LogP contribution in [-0.2, 0) is 11.2 Å². The molecule has 0 radical (unpaired) electrons. The van der Waals surface area contributed by atoms with Crippen LogP contribution in [0, 0.1) is 15.5 Å². The van der Waals surface area contributed by atoms with Crippen LogP contribution in [-0.4, -0.2) is 34.6 Å². The van der Waals surface area contributed by atoms with E-state index < -0.39 is 10.3 Å². The van der Waals surface area contributed by atoms with Gasteiger partial charge in [-0.1, -0.05) is 6.07 Å². The SMILES string of the molecule is CC(=O)N1CCC2(CCc3ccc([N+](=O)[O-])cc3C2=O)CC1. The highest BCUT2D eigenvalue weighted by Crippen LogP contribution is 2.44. The molecule has 1 aromatic rings. The first-order valence-electron chi connectivity index (χ1n) is 7.51. The molecular weight excluding hydrogens is 284 g/mol. The van der Waals surface area contributed by atoms with Crippen molar-refractivity contribution >= 4 is 17.4 Å². The molecule has 6 nitrogen and oxygen atoms in total. The predicted molar refractivity (Wildman–Crippen MR) is 79.7 cm³/mol. The van der Waals surface area contributed by atoms with Crippen molar-refractivity contribution in [1.82, 2.24) is 4.90 Å². The smallest absolute Gasteiger partial charge is 0.270 e.